The monoisotopic (exact) mass is 526 g/mol. The Balaban J connectivity index is 0.00000392. The van der Waals surface area contributed by atoms with Crippen molar-refractivity contribution in [2.45, 2.75) is 17.9 Å². The second kappa shape index (κ2) is 12.6. The predicted octanol–water partition coefficient (Wildman–Crippen LogP) is 1.27. The van der Waals surface area contributed by atoms with E-state index in [4.69, 9.17) is 9.47 Å². The molecule has 1 fully saturated rings. The van der Waals surface area contributed by atoms with E-state index in [1.165, 1.54) is 7.05 Å². The molecule has 10 heteroatoms. The zero-order chi connectivity index (χ0) is 19.7. The van der Waals surface area contributed by atoms with Gasteiger partial charge in [0.25, 0.3) is 0 Å². The summed E-state index contributed by atoms with van der Waals surface area (Å²) in [6.45, 7) is 4.41. The number of likely N-dealkylation sites (tertiary alicyclic amines) is 1. The molecule has 0 spiro atoms. The fraction of sp³-hybridized carbons (Fsp3) is 0.611. The van der Waals surface area contributed by atoms with Crippen molar-refractivity contribution in [3.63, 3.8) is 0 Å². The number of hydrogen-bond donors (Lipinski definition) is 2. The molecule has 1 heterocycles. The first-order valence-corrected chi connectivity index (χ1v) is 10.5. The average Bonchev–Trinajstić information content (AvgIpc) is 3.15. The number of rotatable bonds is 9. The zero-order valence-electron chi connectivity index (χ0n) is 16.7. The molecule has 1 aromatic carbocycles. The number of nitrogens with zero attached hydrogens (tertiary/aromatic N) is 2. The van der Waals surface area contributed by atoms with Crippen molar-refractivity contribution in [1.82, 2.24) is 14.9 Å². The van der Waals surface area contributed by atoms with Crippen LogP contribution in [0.1, 0.15) is 12.0 Å². The van der Waals surface area contributed by atoms with Gasteiger partial charge in [-0.3, -0.25) is 4.99 Å². The number of nitrogens with one attached hydrogen (secondary N) is 2. The standard InChI is InChI=1S/C18H30N4O4S.HI/c1-19-18(22-9-8-16(13-22)14-26-11-10-25-3)21-12-15-4-6-17(7-5-15)27(23,24)20-2;/h4-7,16,20H,8-14H2,1-3H3,(H,19,21);1H. The number of benzene rings is 1. The van der Waals surface area contributed by atoms with E-state index in [1.54, 1.807) is 38.4 Å². The Labute approximate surface area is 185 Å². The first kappa shape index (κ1) is 25.1. The van der Waals surface area contributed by atoms with Crippen LogP contribution in [0.3, 0.4) is 0 Å². The van der Waals surface area contributed by atoms with Crippen molar-refractivity contribution >= 4 is 40.0 Å². The van der Waals surface area contributed by atoms with E-state index in [9.17, 15) is 8.42 Å². The minimum absolute atomic E-state index is 0. The number of guanidine groups is 1. The highest BCUT2D eigenvalue weighted by molar-refractivity contribution is 14.0. The number of ether oxygens (including phenoxy) is 2. The molecular formula is C18H31IN4O4S. The highest BCUT2D eigenvalue weighted by atomic mass is 127. The number of halogens is 1. The Morgan fingerprint density at radius 3 is 2.61 bits per heavy atom. The van der Waals surface area contributed by atoms with Crippen LogP contribution in [-0.4, -0.2) is 73.4 Å². The van der Waals surface area contributed by atoms with Gasteiger partial charge in [-0.15, -0.1) is 24.0 Å². The first-order chi connectivity index (χ1) is 13.0. The smallest absolute Gasteiger partial charge is 0.240 e. The maximum atomic E-state index is 11.8. The molecule has 1 unspecified atom stereocenters. The lowest BCUT2D eigenvalue weighted by atomic mass is 10.1. The minimum atomic E-state index is -3.40. The van der Waals surface area contributed by atoms with Crippen molar-refractivity contribution in [3.8, 4) is 0 Å². The lowest BCUT2D eigenvalue weighted by Crippen LogP contribution is -2.39. The van der Waals surface area contributed by atoms with Crippen LogP contribution < -0.4 is 10.0 Å². The summed E-state index contributed by atoms with van der Waals surface area (Å²) in [6, 6.07) is 6.82. The van der Waals surface area contributed by atoms with Gasteiger partial charge in [-0.25, -0.2) is 13.1 Å². The van der Waals surface area contributed by atoms with E-state index < -0.39 is 10.0 Å². The fourth-order valence-corrected chi connectivity index (χ4v) is 3.70. The van der Waals surface area contributed by atoms with Crippen molar-refractivity contribution < 1.29 is 17.9 Å². The third-order valence-corrected chi connectivity index (χ3v) is 5.97. The molecule has 160 valence electrons. The Morgan fingerprint density at radius 2 is 2.00 bits per heavy atom. The third-order valence-electron chi connectivity index (χ3n) is 4.54. The maximum Gasteiger partial charge on any atom is 0.240 e. The molecule has 0 amide bonds. The van der Waals surface area contributed by atoms with Crippen LogP contribution >= 0.6 is 24.0 Å². The van der Waals surface area contributed by atoms with Gasteiger partial charge in [0.15, 0.2) is 5.96 Å². The van der Waals surface area contributed by atoms with Crippen LogP contribution in [0, 0.1) is 5.92 Å². The topological polar surface area (TPSA) is 92.3 Å². The molecule has 28 heavy (non-hydrogen) atoms. The Bertz CT molecular complexity index is 713. The molecular weight excluding hydrogens is 495 g/mol. The van der Waals surface area contributed by atoms with Gasteiger partial charge < -0.3 is 19.7 Å². The summed E-state index contributed by atoms with van der Waals surface area (Å²) < 4.78 is 36.5. The number of aliphatic imine (C=N–C) groups is 1. The van der Waals surface area contributed by atoms with E-state index in [0.29, 0.717) is 25.7 Å². The molecule has 0 saturated carbocycles. The SMILES string of the molecule is CN=C(NCc1ccc(S(=O)(=O)NC)cc1)N1CCC(COCCOC)C1.I. The largest absolute Gasteiger partial charge is 0.382 e. The second-order valence-corrected chi connectivity index (χ2v) is 8.31. The Morgan fingerprint density at radius 1 is 1.29 bits per heavy atom. The normalized spacial score (nSPS) is 17.5. The summed E-state index contributed by atoms with van der Waals surface area (Å²) in [5.41, 5.74) is 0.991. The van der Waals surface area contributed by atoms with Crippen molar-refractivity contribution in [3.05, 3.63) is 29.8 Å². The van der Waals surface area contributed by atoms with E-state index in [2.05, 4.69) is 19.9 Å². The van der Waals surface area contributed by atoms with Crippen molar-refractivity contribution in [1.29, 1.82) is 0 Å². The molecule has 1 aliphatic heterocycles. The summed E-state index contributed by atoms with van der Waals surface area (Å²) in [4.78, 5) is 6.85. The Kier molecular flexibility index (Phi) is 11.3. The van der Waals surface area contributed by atoms with Gasteiger partial charge in [0.05, 0.1) is 24.7 Å². The Hall–Kier alpha value is -0.950. The molecule has 2 rings (SSSR count). The molecule has 2 N–H and O–H groups in total. The summed E-state index contributed by atoms with van der Waals surface area (Å²) >= 11 is 0. The molecule has 8 nitrogen and oxygen atoms in total. The van der Waals surface area contributed by atoms with E-state index in [1.807, 2.05) is 0 Å². The van der Waals surface area contributed by atoms with E-state index >= 15 is 0 Å². The minimum Gasteiger partial charge on any atom is -0.382 e. The van der Waals surface area contributed by atoms with Gasteiger partial charge in [0, 0.05) is 39.7 Å². The zero-order valence-corrected chi connectivity index (χ0v) is 19.8. The van der Waals surface area contributed by atoms with E-state index in [-0.39, 0.29) is 28.9 Å². The van der Waals surface area contributed by atoms with E-state index in [0.717, 1.165) is 37.6 Å². The van der Waals surface area contributed by atoms with Crippen LogP contribution in [0.4, 0.5) is 0 Å². The van der Waals surface area contributed by atoms with Gasteiger partial charge >= 0.3 is 0 Å². The van der Waals surface area contributed by atoms with Gasteiger partial charge in [0.1, 0.15) is 0 Å². The second-order valence-electron chi connectivity index (χ2n) is 6.42. The predicted molar refractivity (Wildman–Crippen MR) is 121 cm³/mol. The highest BCUT2D eigenvalue weighted by Crippen LogP contribution is 2.17. The van der Waals surface area contributed by atoms with Crippen LogP contribution in [0.25, 0.3) is 0 Å². The summed E-state index contributed by atoms with van der Waals surface area (Å²) in [5, 5.41) is 3.35. The fourth-order valence-electron chi connectivity index (χ4n) is 2.97. The van der Waals surface area contributed by atoms with Crippen LogP contribution in [0.2, 0.25) is 0 Å². The molecule has 0 aromatic heterocycles. The number of methoxy groups -OCH3 is 1. The number of hydrogen-bond acceptors (Lipinski definition) is 5. The molecule has 0 bridgehead atoms. The van der Waals surface area contributed by atoms with Gasteiger partial charge in [-0.1, -0.05) is 12.1 Å². The number of sulfonamides is 1. The van der Waals surface area contributed by atoms with Crippen molar-refractivity contribution in [2.75, 3.05) is 54.1 Å². The molecule has 1 aromatic rings. The maximum absolute atomic E-state index is 11.8. The first-order valence-electron chi connectivity index (χ1n) is 9.05. The highest BCUT2D eigenvalue weighted by Gasteiger charge is 2.24. The third kappa shape index (κ3) is 7.47. The summed E-state index contributed by atoms with van der Waals surface area (Å²) in [6.07, 6.45) is 1.07. The summed E-state index contributed by atoms with van der Waals surface area (Å²) in [7, 11) is 1.44. The molecule has 0 aliphatic carbocycles. The van der Waals surface area contributed by atoms with Crippen LogP contribution in [-0.2, 0) is 26.0 Å². The van der Waals surface area contributed by atoms with Gasteiger partial charge in [-0.2, -0.15) is 0 Å². The molecule has 0 radical (unpaired) electrons. The lowest BCUT2D eigenvalue weighted by molar-refractivity contribution is 0.0536. The van der Waals surface area contributed by atoms with Crippen LogP contribution in [0.15, 0.2) is 34.2 Å². The van der Waals surface area contributed by atoms with Crippen LogP contribution in [0.5, 0.6) is 0 Å². The quantitative estimate of drug-likeness (QED) is 0.218. The summed E-state index contributed by atoms with van der Waals surface area (Å²) in [5.74, 6) is 1.34. The van der Waals surface area contributed by atoms with Gasteiger partial charge in [-0.05, 0) is 31.2 Å². The van der Waals surface area contributed by atoms with Gasteiger partial charge in [0.2, 0.25) is 10.0 Å². The lowest BCUT2D eigenvalue weighted by Gasteiger charge is -2.22. The molecule has 1 atom stereocenters. The molecule has 1 saturated heterocycles. The van der Waals surface area contributed by atoms with Crippen molar-refractivity contribution in [2.24, 2.45) is 10.9 Å². The molecule has 1 aliphatic rings. The average molecular weight is 526 g/mol.